The van der Waals surface area contributed by atoms with Gasteiger partial charge in [-0.2, -0.15) is 8.78 Å². The van der Waals surface area contributed by atoms with Crippen molar-refractivity contribution in [2.24, 2.45) is 5.92 Å². The molecule has 114 valence electrons. The number of amides is 2. The maximum Gasteiger partial charge on any atom is 0.383 e. The average molecular weight is 296 g/mol. The maximum atomic E-state index is 12.9. The lowest BCUT2D eigenvalue weighted by Gasteiger charge is -2.34. The molecule has 1 N–H and O–H groups in total. The minimum absolute atomic E-state index is 0.0449. The molecular weight excluding hydrogens is 280 g/mol. The Hall–Kier alpha value is -1.34. The first-order valence-corrected chi connectivity index (χ1v) is 6.58. The number of alkyl halides is 4. The Labute approximate surface area is 113 Å². The van der Waals surface area contributed by atoms with Gasteiger partial charge in [-0.15, -0.1) is 0 Å². The molecule has 1 saturated heterocycles. The zero-order valence-electron chi connectivity index (χ0n) is 10.8. The number of hydrogen-bond acceptors (Lipinski definition) is 2. The minimum Gasteiger partial charge on any atom is -0.353 e. The predicted octanol–water partition coefficient (Wildman–Crippen LogP) is 1.40. The Bertz CT molecular complexity index is 391. The number of nitrogens with one attached hydrogen (secondary N) is 1. The van der Waals surface area contributed by atoms with E-state index in [1.165, 1.54) is 0 Å². The molecule has 0 aromatic heterocycles. The predicted molar refractivity (Wildman–Crippen MR) is 61.4 cm³/mol. The van der Waals surface area contributed by atoms with E-state index in [0.717, 1.165) is 17.7 Å². The van der Waals surface area contributed by atoms with Gasteiger partial charge in [-0.05, 0) is 25.7 Å². The summed E-state index contributed by atoms with van der Waals surface area (Å²) < 4.78 is 50.1. The molecule has 4 nitrogen and oxygen atoms in total. The molecule has 2 rings (SSSR count). The van der Waals surface area contributed by atoms with E-state index < -0.39 is 18.3 Å². The number of hydrogen-bond donors (Lipinski definition) is 1. The normalized spacial score (nSPS) is 21.1. The quantitative estimate of drug-likeness (QED) is 0.797. The standard InChI is InChI=1S/C12H16F4N2O2/c13-10(14)12(15,16)11(20)18-5-3-8(4-6-18)17-9(19)7-1-2-7/h7-8,10H,1-6H2,(H,17,19). The van der Waals surface area contributed by atoms with E-state index in [1.54, 1.807) is 0 Å². The molecule has 2 fully saturated rings. The second kappa shape index (κ2) is 5.57. The number of piperidine rings is 1. The van der Waals surface area contributed by atoms with Crippen molar-refractivity contribution in [1.82, 2.24) is 10.2 Å². The molecule has 0 unspecified atom stereocenters. The smallest absolute Gasteiger partial charge is 0.353 e. The third kappa shape index (κ3) is 3.21. The van der Waals surface area contributed by atoms with Crippen molar-refractivity contribution < 1.29 is 27.2 Å². The highest BCUT2D eigenvalue weighted by Crippen LogP contribution is 2.30. The lowest BCUT2D eigenvalue weighted by atomic mass is 10.0. The second-order valence-corrected chi connectivity index (χ2v) is 5.27. The Morgan fingerprint density at radius 2 is 1.65 bits per heavy atom. The summed E-state index contributed by atoms with van der Waals surface area (Å²) in [5, 5.41) is 2.79. The number of rotatable bonds is 4. The van der Waals surface area contributed by atoms with Crippen LogP contribution in [0.2, 0.25) is 0 Å². The van der Waals surface area contributed by atoms with E-state index in [1.807, 2.05) is 0 Å². The van der Waals surface area contributed by atoms with Crippen LogP contribution in [0.3, 0.4) is 0 Å². The molecule has 2 amide bonds. The largest absolute Gasteiger partial charge is 0.383 e. The van der Waals surface area contributed by atoms with Crippen molar-refractivity contribution in [2.75, 3.05) is 13.1 Å². The van der Waals surface area contributed by atoms with Gasteiger partial charge in [0.2, 0.25) is 5.91 Å². The third-order valence-corrected chi connectivity index (χ3v) is 3.64. The van der Waals surface area contributed by atoms with Crippen LogP contribution < -0.4 is 5.32 Å². The molecule has 1 aliphatic carbocycles. The van der Waals surface area contributed by atoms with Crippen molar-refractivity contribution in [3.05, 3.63) is 0 Å². The molecule has 0 radical (unpaired) electrons. The number of nitrogens with zero attached hydrogens (tertiary/aromatic N) is 1. The van der Waals surface area contributed by atoms with Crippen LogP contribution in [-0.2, 0) is 9.59 Å². The Kier molecular flexibility index (Phi) is 4.19. The van der Waals surface area contributed by atoms with E-state index in [2.05, 4.69) is 5.32 Å². The number of carbonyl (C=O) groups is 2. The van der Waals surface area contributed by atoms with Gasteiger partial charge in [-0.3, -0.25) is 9.59 Å². The Balaban J connectivity index is 1.81. The Morgan fingerprint density at radius 1 is 1.10 bits per heavy atom. The van der Waals surface area contributed by atoms with Crippen LogP contribution in [0.1, 0.15) is 25.7 Å². The van der Waals surface area contributed by atoms with Crippen molar-refractivity contribution >= 4 is 11.8 Å². The monoisotopic (exact) mass is 296 g/mol. The van der Waals surface area contributed by atoms with Gasteiger partial charge < -0.3 is 10.2 Å². The summed E-state index contributed by atoms with van der Waals surface area (Å²) in [4.78, 5) is 23.6. The first-order valence-electron chi connectivity index (χ1n) is 6.58. The summed E-state index contributed by atoms with van der Waals surface area (Å²) in [5.41, 5.74) is 0. The van der Waals surface area contributed by atoms with Crippen LogP contribution in [0.5, 0.6) is 0 Å². The SMILES string of the molecule is O=C(NC1CCN(C(=O)C(F)(F)C(F)F)CC1)C1CC1. The summed E-state index contributed by atoms with van der Waals surface area (Å²) in [7, 11) is 0. The molecule has 0 bridgehead atoms. The summed E-state index contributed by atoms with van der Waals surface area (Å²) in [6.07, 6.45) is -1.65. The molecule has 20 heavy (non-hydrogen) atoms. The number of halogens is 4. The molecular formula is C12H16F4N2O2. The minimum atomic E-state index is -4.63. The topological polar surface area (TPSA) is 49.4 Å². The lowest BCUT2D eigenvalue weighted by Crippen LogP contribution is -2.53. The molecule has 2 aliphatic rings. The maximum absolute atomic E-state index is 12.9. The summed E-state index contributed by atoms with van der Waals surface area (Å²) >= 11 is 0. The van der Waals surface area contributed by atoms with Gasteiger partial charge >= 0.3 is 12.3 Å². The zero-order valence-corrected chi connectivity index (χ0v) is 10.8. The fraction of sp³-hybridized carbons (Fsp3) is 0.833. The molecule has 1 aliphatic heterocycles. The summed E-state index contributed by atoms with van der Waals surface area (Å²) in [6.45, 7) is -0.0898. The molecule has 0 aromatic rings. The molecule has 1 saturated carbocycles. The van der Waals surface area contributed by atoms with Crippen molar-refractivity contribution in [1.29, 1.82) is 0 Å². The second-order valence-electron chi connectivity index (χ2n) is 5.27. The van der Waals surface area contributed by atoms with Crippen LogP contribution in [0.4, 0.5) is 17.6 Å². The first kappa shape index (κ1) is 15.1. The van der Waals surface area contributed by atoms with Crippen molar-refractivity contribution in [3.63, 3.8) is 0 Å². The highest BCUT2D eigenvalue weighted by atomic mass is 19.3. The van der Waals surface area contributed by atoms with Gasteiger partial charge in [-0.1, -0.05) is 0 Å². The van der Waals surface area contributed by atoms with Gasteiger partial charge in [-0.25, -0.2) is 8.78 Å². The van der Waals surface area contributed by atoms with E-state index in [0.29, 0.717) is 12.8 Å². The number of likely N-dealkylation sites (tertiary alicyclic amines) is 1. The highest BCUT2D eigenvalue weighted by Gasteiger charge is 2.51. The average Bonchev–Trinajstić information content (AvgIpc) is 3.22. The van der Waals surface area contributed by atoms with Gasteiger partial charge in [0.05, 0.1) is 0 Å². The fourth-order valence-corrected chi connectivity index (χ4v) is 2.20. The van der Waals surface area contributed by atoms with Crippen molar-refractivity contribution in [3.8, 4) is 0 Å². The Morgan fingerprint density at radius 3 is 2.10 bits per heavy atom. The van der Waals surface area contributed by atoms with Crippen LogP contribution in [-0.4, -0.2) is 48.2 Å². The van der Waals surface area contributed by atoms with E-state index in [9.17, 15) is 27.2 Å². The van der Waals surface area contributed by atoms with E-state index in [-0.39, 0.29) is 31.0 Å². The van der Waals surface area contributed by atoms with Crippen LogP contribution >= 0.6 is 0 Å². The zero-order chi connectivity index (χ0) is 14.9. The van der Waals surface area contributed by atoms with E-state index >= 15 is 0 Å². The van der Waals surface area contributed by atoms with Crippen LogP contribution in [0, 0.1) is 5.92 Å². The molecule has 0 atom stereocenters. The third-order valence-electron chi connectivity index (χ3n) is 3.64. The van der Waals surface area contributed by atoms with Gasteiger partial charge in [0.15, 0.2) is 0 Å². The molecule has 0 spiro atoms. The van der Waals surface area contributed by atoms with Crippen LogP contribution in [0.15, 0.2) is 0 Å². The van der Waals surface area contributed by atoms with Gasteiger partial charge in [0, 0.05) is 25.0 Å². The highest BCUT2D eigenvalue weighted by molar-refractivity contribution is 5.84. The molecule has 8 heteroatoms. The summed E-state index contributed by atoms with van der Waals surface area (Å²) in [6, 6.07) is -0.174. The molecule has 1 heterocycles. The molecule has 0 aromatic carbocycles. The first-order chi connectivity index (χ1) is 9.32. The van der Waals surface area contributed by atoms with Gasteiger partial charge in [0.25, 0.3) is 5.91 Å². The summed E-state index contributed by atoms with van der Waals surface area (Å²) in [5.74, 6) is -6.46. The lowest BCUT2D eigenvalue weighted by molar-refractivity contribution is -0.181. The fourth-order valence-electron chi connectivity index (χ4n) is 2.20. The van der Waals surface area contributed by atoms with E-state index in [4.69, 9.17) is 0 Å². The van der Waals surface area contributed by atoms with Crippen LogP contribution in [0.25, 0.3) is 0 Å². The van der Waals surface area contributed by atoms with Gasteiger partial charge in [0.1, 0.15) is 0 Å². The van der Waals surface area contributed by atoms with Crippen molar-refractivity contribution in [2.45, 2.75) is 44.1 Å². The number of carbonyl (C=O) groups excluding carboxylic acids is 2.